The predicted molar refractivity (Wildman–Crippen MR) is 90.2 cm³/mol. The largest absolute Gasteiger partial charge is 0.413 e. The van der Waals surface area contributed by atoms with E-state index in [2.05, 4.69) is 15.6 Å². The molecule has 1 fully saturated rings. The van der Waals surface area contributed by atoms with Crippen molar-refractivity contribution >= 4 is 17.8 Å². The third kappa shape index (κ3) is 5.60. The van der Waals surface area contributed by atoms with Crippen LogP contribution in [0, 0.1) is 5.41 Å². The first-order valence-corrected chi connectivity index (χ1v) is 8.21. The molecule has 2 rings (SSSR count). The first-order chi connectivity index (χ1) is 11.7. The summed E-state index contributed by atoms with van der Waals surface area (Å²) >= 11 is 0. The molecule has 0 bridgehead atoms. The second-order valence-electron chi connectivity index (χ2n) is 7.37. The molecule has 0 radical (unpaired) electrons. The highest BCUT2D eigenvalue weighted by molar-refractivity contribution is 5.94. The maximum atomic E-state index is 12.6. The van der Waals surface area contributed by atoms with Crippen molar-refractivity contribution < 1.29 is 23.9 Å². The summed E-state index contributed by atoms with van der Waals surface area (Å²) in [4.78, 5) is 39.2. The van der Waals surface area contributed by atoms with Gasteiger partial charge in [0.2, 0.25) is 5.91 Å². The second kappa shape index (κ2) is 7.69. The van der Waals surface area contributed by atoms with Crippen molar-refractivity contribution in [3.05, 3.63) is 18.5 Å². The molecule has 3 N–H and O–H groups in total. The van der Waals surface area contributed by atoms with Crippen molar-refractivity contribution in [2.24, 2.45) is 5.41 Å². The minimum absolute atomic E-state index is 0.0149. The Morgan fingerprint density at radius 2 is 2.16 bits per heavy atom. The van der Waals surface area contributed by atoms with Gasteiger partial charge in [-0.25, -0.2) is 4.79 Å². The van der Waals surface area contributed by atoms with E-state index < -0.39 is 30.2 Å². The van der Waals surface area contributed by atoms with Gasteiger partial charge in [-0.2, -0.15) is 0 Å². The van der Waals surface area contributed by atoms with Gasteiger partial charge in [-0.3, -0.25) is 9.59 Å². The highest BCUT2D eigenvalue weighted by Gasteiger charge is 2.36. The van der Waals surface area contributed by atoms with Crippen LogP contribution in [-0.4, -0.2) is 47.6 Å². The van der Waals surface area contributed by atoms with Crippen molar-refractivity contribution in [2.75, 3.05) is 6.61 Å². The number of ether oxygens (including phenoxy) is 2. The molecule has 3 atom stereocenters. The molecule has 2 amide bonds. The molecule has 0 aromatic carbocycles. The van der Waals surface area contributed by atoms with Crippen LogP contribution in [0.25, 0.3) is 0 Å². The molecule has 2 heterocycles. The molecule has 1 saturated heterocycles. The number of hydrogen-bond donors (Lipinski definition) is 3. The van der Waals surface area contributed by atoms with Gasteiger partial charge in [0, 0.05) is 12.4 Å². The number of rotatable bonds is 5. The number of nitrogens with one attached hydrogen (secondary N) is 3. The smallest absolute Gasteiger partial charge is 0.409 e. The molecule has 1 aromatic heterocycles. The normalized spacial score (nSPS) is 21.7. The van der Waals surface area contributed by atoms with Crippen LogP contribution >= 0.6 is 0 Å². The number of carbonyl (C=O) groups excluding carboxylic acids is 3. The van der Waals surface area contributed by atoms with E-state index in [0.29, 0.717) is 12.2 Å². The Morgan fingerprint density at radius 3 is 2.68 bits per heavy atom. The molecule has 25 heavy (non-hydrogen) atoms. The molecule has 0 spiro atoms. The molecule has 0 aliphatic carbocycles. The van der Waals surface area contributed by atoms with E-state index >= 15 is 0 Å². The lowest BCUT2D eigenvalue weighted by atomic mass is 9.87. The number of amides is 2. The van der Waals surface area contributed by atoms with Gasteiger partial charge in [0.25, 0.3) is 0 Å². The summed E-state index contributed by atoms with van der Waals surface area (Å²) in [5.41, 5.74) is -0.217. The van der Waals surface area contributed by atoms with Crippen LogP contribution in [0.1, 0.15) is 34.1 Å². The van der Waals surface area contributed by atoms with Gasteiger partial charge in [0.1, 0.15) is 24.4 Å². The van der Waals surface area contributed by atoms with Crippen molar-refractivity contribution in [2.45, 2.75) is 52.3 Å². The Morgan fingerprint density at radius 1 is 1.44 bits per heavy atom. The molecular formula is C17H25N3O5. The van der Waals surface area contributed by atoms with Crippen molar-refractivity contribution in [1.29, 1.82) is 0 Å². The Hall–Kier alpha value is -2.35. The number of carbonyl (C=O) groups is 3. The number of H-pyrrole nitrogens is 1. The quantitative estimate of drug-likeness (QED) is 0.742. The van der Waals surface area contributed by atoms with Gasteiger partial charge in [0.15, 0.2) is 5.78 Å². The Bertz CT molecular complexity index is 621. The van der Waals surface area contributed by atoms with Crippen LogP contribution < -0.4 is 15.4 Å². The van der Waals surface area contributed by atoms with Gasteiger partial charge in [0.05, 0.1) is 6.10 Å². The van der Waals surface area contributed by atoms with E-state index in [1.165, 1.54) is 6.20 Å². The minimum atomic E-state index is -0.827. The number of Topliss-reactive ketones (excluding diaryl/α,β-unsaturated/α-hetero) is 1. The summed E-state index contributed by atoms with van der Waals surface area (Å²) in [5, 5.41) is 5.25. The van der Waals surface area contributed by atoms with Gasteiger partial charge >= 0.3 is 6.09 Å². The van der Waals surface area contributed by atoms with E-state index in [1.807, 2.05) is 20.8 Å². The number of hydrogen-bond acceptors (Lipinski definition) is 5. The maximum Gasteiger partial charge on any atom is 0.413 e. The van der Waals surface area contributed by atoms with Crippen molar-refractivity contribution in [3.63, 3.8) is 0 Å². The average Bonchev–Trinajstić information content (AvgIpc) is 3.10. The van der Waals surface area contributed by atoms with Gasteiger partial charge < -0.3 is 25.1 Å². The van der Waals surface area contributed by atoms with Crippen LogP contribution in [0.4, 0.5) is 4.79 Å². The zero-order chi connectivity index (χ0) is 18.6. The van der Waals surface area contributed by atoms with Crippen LogP contribution in [0.3, 0.4) is 0 Å². The second-order valence-corrected chi connectivity index (χ2v) is 7.37. The number of ketones is 1. The zero-order valence-corrected chi connectivity index (χ0v) is 14.9. The van der Waals surface area contributed by atoms with Crippen molar-refractivity contribution in [1.82, 2.24) is 15.6 Å². The lowest BCUT2D eigenvalue weighted by Gasteiger charge is -2.27. The van der Waals surface area contributed by atoms with Crippen LogP contribution in [0.5, 0.6) is 5.75 Å². The van der Waals surface area contributed by atoms with E-state index in [1.54, 1.807) is 19.2 Å². The summed E-state index contributed by atoms with van der Waals surface area (Å²) in [6, 6.07) is 0.0683. The lowest BCUT2D eigenvalue weighted by molar-refractivity contribution is -0.128. The van der Waals surface area contributed by atoms with E-state index in [4.69, 9.17) is 9.47 Å². The van der Waals surface area contributed by atoms with E-state index in [-0.39, 0.29) is 17.8 Å². The summed E-state index contributed by atoms with van der Waals surface area (Å²) in [6.07, 6.45) is 2.41. The van der Waals surface area contributed by atoms with Gasteiger partial charge in [-0.1, -0.05) is 20.8 Å². The highest BCUT2D eigenvalue weighted by Crippen LogP contribution is 2.21. The summed E-state index contributed by atoms with van der Waals surface area (Å²) < 4.78 is 10.3. The van der Waals surface area contributed by atoms with Crippen LogP contribution in [0.2, 0.25) is 0 Å². The van der Waals surface area contributed by atoms with E-state index in [0.717, 1.165) is 0 Å². The number of aromatic amines is 1. The molecule has 138 valence electrons. The van der Waals surface area contributed by atoms with Crippen LogP contribution in [0.15, 0.2) is 18.5 Å². The third-order valence-electron chi connectivity index (χ3n) is 3.81. The average molecular weight is 351 g/mol. The summed E-state index contributed by atoms with van der Waals surface area (Å²) in [6.45, 7) is 7.58. The van der Waals surface area contributed by atoms with Gasteiger partial charge in [-0.05, 0) is 24.8 Å². The Labute approximate surface area is 146 Å². The van der Waals surface area contributed by atoms with Crippen LogP contribution in [-0.2, 0) is 14.3 Å². The summed E-state index contributed by atoms with van der Waals surface area (Å²) in [5.74, 6) is -0.262. The Kier molecular flexibility index (Phi) is 5.84. The fourth-order valence-corrected chi connectivity index (χ4v) is 2.59. The first-order valence-electron chi connectivity index (χ1n) is 8.21. The molecule has 1 aliphatic heterocycles. The highest BCUT2D eigenvalue weighted by atomic mass is 16.6. The monoisotopic (exact) mass is 351 g/mol. The SMILES string of the molecule is C[C@@H]1OCC(=O)[C@H]1NC(=O)[C@H](CC(C)(C)C)NC(=O)Oc1cc[nH]c1. The molecule has 8 heteroatoms. The molecular weight excluding hydrogens is 326 g/mol. The van der Waals surface area contributed by atoms with Gasteiger partial charge in [-0.15, -0.1) is 0 Å². The molecule has 0 saturated carbocycles. The molecule has 0 unspecified atom stereocenters. The topological polar surface area (TPSA) is 110 Å². The van der Waals surface area contributed by atoms with E-state index in [9.17, 15) is 14.4 Å². The third-order valence-corrected chi connectivity index (χ3v) is 3.81. The molecule has 1 aromatic rings. The zero-order valence-electron chi connectivity index (χ0n) is 14.9. The minimum Gasteiger partial charge on any atom is -0.409 e. The first kappa shape index (κ1) is 19.0. The summed E-state index contributed by atoms with van der Waals surface area (Å²) in [7, 11) is 0. The predicted octanol–water partition coefficient (Wildman–Crippen LogP) is 1.38. The standard InChI is InChI=1S/C17H25N3O5/c1-10-14(13(21)9-24-10)20-15(22)12(7-17(2,3)4)19-16(23)25-11-5-6-18-8-11/h5-6,8,10,12,14,18H,7,9H2,1-4H3,(H,19,23)(H,20,22)/t10-,12-,14-/m0/s1. The maximum absolute atomic E-state index is 12.6. The fourth-order valence-electron chi connectivity index (χ4n) is 2.59. The van der Waals surface area contributed by atoms with Crippen molar-refractivity contribution in [3.8, 4) is 5.75 Å². The molecule has 8 nitrogen and oxygen atoms in total. The fraction of sp³-hybridized carbons (Fsp3) is 0.588. The Balaban J connectivity index is 2.02. The number of aromatic nitrogens is 1. The molecule has 1 aliphatic rings. The lowest BCUT2D eigenvalue weighted by Crippen LogP contribution is -2.54.